The Morgan fingerprint density at radius 1 is 1.03 bits per heavy atom. The standard InChI is InChI=1S/C25H35NO3/c1-17(24(27)28-6)26(5)21-11-7-19-16-23(12-8-18(19)15-21)29-22-13-9-20(10-14-22)25(2,3)4/h7-8,11-12,15-17,20,22H,9-10,13-14H2,1-6H3/t17?,20-,22-. The number of methoxy groups -OCH3 is 1. The highest BCUT2D eigenvalue weighted by atomic mass is 16.5. The molecule has 4 nitrogen and oxygen atoms in total. The van der Waals surface area contributed by atoms with E-state index in [0.29, 0.717) is 11.5 Å². The number of hydrogen-bond donors (Lipinski definition) is 0. The molecule has 2 aromatic carbocycles. The topological polar surface area (TPSA) is 38.8 Å². The van der Waals surface area contributed by atoms with Crippen LogP contribution in [0.2, 0.25) is 0 Å². The monoisotopic (exact) mass is 397 g/mol. The molecule has 3 rings (SSSR count). The number of rotatable bonds is 5. The number of carbonyl (C=O) groups is 1. The van der Waals surface area contributed by atoms with Gasteiger partial charge in [-0.15, -0.1) is 0 Å². The van der Waals surface area contributed by atoms with Gasteiger partial charge in [0.25, 0.3) is 0 Å². The minimum absolute atomic E-state index is 0.238. The number of nitrogens with zero attached hydrogens (tertiary/aromatic N) is 1. The van der Waals surface area contributed by atoms with Gasteiger partial charge in [0.05, 0.1) is 13.2 Å². The Hall–Kier alpha value is -2.23. The molecule has 29 heavy (non-hydrogen) atoms. The van der Waals surface area contributed by atoms with E-state index in [0.717, 1.165) is 41.0 Å². The fourth-order valence-electron chi connectivity index (χ4n) is 4.30. The summed E-state index contributed by atoms with van der Waals surface area (Å²) in [6, 6.07) is 12.2. The molecule has 1 saturated carbocycles. The molecule has 4 heteroatoms. The summed E-state index contributed by atoms with van der Waals surface area (Å²) < 4.78 is 11.2. The van der Waals surface area contributed by atoms with Crippen molar-refractivity contribution in [2.45, 2.75) is 65.5 Å². The van der Waals surface area contributed by atoms with Crippen LogP contribution in [0.25, 0.3) is 10.8 Å². The number of ether oxygens (including phenoxy) is 2. The van der Waals surface area contributed by atoms with Gasteiger partial charge in [-0.2, -0.15) is 0 Å². The number of hydrogen-bond acceptors (Lipinski definition) is 4. The van der Waals surface area contributed by atoms with E-state index in [9.17, 15) is 4.79 Å². The summed E-state index contributed by atoms with van der Waals surface area (Å²) in [5.41, 5.74) is 1.38. The zero-order chi connectivity index (χ0) is 21.2. The first-order chi connectivity index (χ1) is 13.7. The SMILES string of the molecule is COC(=O)C(C)N(C)c1ccc2cc(O[C@H]3CC[C@H](C(C)(C)C)CC3)ccc2c1. The van der Waals surface area contributed by atoms with Crippen LogP contribution in [0, 0.1) is 11.3 Å². The Kier molecular flexibility index (Phi) is 6.40. The molecule has 1 fully saturated rings. The second-order valence-corrected chi connectivity index (χ2v) is 9.46. The predicted molar refractivity (Wildman–Crippen MR) is 120 cm³/mol. The summed E-state index contributed by atoms with van der Waals surface area (Å²) in [7, 11) is 3.33. The molecule has 0 aliphatic heterocycles. The van der Waals surface area contributed by atoms with Crippen molar-refractivity contribution < 1.29 is 14.3 Å². The van der Waals surface area contributed by atoms with Crippen LogP contribution < -0.4 is 9.64 Å². The van der Waals surface area contributed by atoms with Crippen LogP contribution >= 0.6 is 0 Å². The van der Waals surface area contributed by atoms with Gasteiger partial charge in [-0.1, -0.05) is 32.9 Å². The highest BCUT2D eigenvalue weighted by Crippen LogP contribution is 2.39. The van der Waals surface area contributed by atoms with Crippen LogP contribution in [0.1, 0.15) is 53.4 Å². The molecule has 0 spiro atoms. The van der Waals surface area contributed by atoms with Gasteiger partial charge in [-0.25, -0.2) is 4.79 Å². The van der Waals surface area contributed by atoms with Crippen molar-refractivity contribution in [3.8, 4) is 5.75 Å². The van der Waals surface area contributed by atoms with Crippen molar-refractivity contribution in [2.24, 2.45) is 11.3 Å². The lowest BCUT2D eigenvalue weighted by Crippen LogP contribution is -2.36. The van der Waals surface area contributed by atoms with Gasteiger partial charge < -0.3 is 14.4 Å². The first kappa shape index (κ1) is 21.5. The third-order valence-electron chi connectivity index (χ3n) is 6.53. The summed E-state index contributed by atoms with van der Waals surface area (Å²) >= 11 is 0. The molecular formula is C25H35NO3. The molecule has 0 aromatic heterocycles. The van der Waals surface area contributed by atoms with E-state index in [1.54, 1.807) is 0 Å². The summed E-state index contributed by atoms with van der Waals surface area (Å²) in [6.07, 6.45) is 5.08. The van der Waals surface area contributed by atoms with Crippen LogP contribution in [-0.2, 0) is 9.53 Å². The molecule has 0 N–H and O–H groups in total. The van der Waals surface area contributed by atoms with E-state index in [1.165, 1.54) is 20.0 Å². The van der Waals surface area contributed by atoms with Crippen LogP contribution in [0.4, 0.5) is 5.69 Å². The summed E-state index contributed by atoms with van der Waals surface area (Å²) in [5, 5.41) is 2.28. The third kappa shape index (κ3) is 5.04. The Bertz CT molecular complexity index is 847. The van der Waals surface area contributed by atoms with Crippen LogP contribution in [0.15, 0.2) is 36.4 Å². The van der Waals surface area contributed by atoms with Gasteiger partial charge in [0, 0.05) is 12.7 Å². The maximum atomic E-state index is 11.8. The molecule has 0 heterocycles. The number of anilines is 1. The van der Waals surface area contributed by atoms with E-state index in [2.05, 4.69) is 51.1 Å². The smallest absolute Gasteiger partial charge is 0.328 e. The van der Waals surface area contributed by atoms with Gasteiger partial charge in [-0.3, -0.25) is 0 Å². The fourth-order valence-corrected chi connectivity index (χ4v) is 4.30. The molecule has 0 amide bonds. The molecule has 0 saturated heterocycles. The molecule has 1 unspecified atom stereocenters. The molecular weight excluding hydrogens is 362 g/mol. The van der Waals surface area contributed by atoms with Gasteiger partial charge in [0.1, 0.15) is 11.8 Å². The Morgan fingerprint density at radius 3 is 2.28 bits per heavy atom. The van der Waals surface area contributed by atoms with Crippen molar-refractivity contribution in [1.29, 1.82) is 0 Å². The number of likely N-dealkylation sites (N-methyl/N-ethyl adjacent to an activating group) is 1. The maximum Gasteiger partial charge on any atom is 0.328 e. The summed E-state index contributed by atoms with van der Waals surface area (Å²) in [5.74, 6) is 1.50. The Balaban J connectivity index is 1.68. The van der Waals surface area contributed by atoms with Crippen LogP contribution in [0.5, 0.6) is 5.75 Å². The second-order valence-electron chi connectivity index (χ2n) is 9.46. The summed E-state index contributed by atoms with van der Waals surface area (Å²) in [4.78, 5) is 13.8. The number of benzene rings is 2. The molecule has 1 aliphatic rings. The van der Waals surface area contributed by atoms with Crippen molar-refractivity contribution in [1.82, 2.24) is 0 Å². The van der Waals surface area contributed by atoms with Crippen LogP contribution in [0.3, 0.4) is 0 Å². The summed E-state index contributed by atoms with van der Waals surface area (Å²) in [6.45, 7) is 8.89. The number of fused-ring (bicyclic) bond motifs is 1. The average molecular weight is 398 g/mol. The van der Waals surface area contributed by atoms with Crippen molar-refractivity contribution in [2.75, 3.05) is 19.1 Å². The normalized spacial score (nSPS) is 20.9. The van der Waals surface area contributed by atoms with Gasteiger partial charge >= 0.3 is 5.97 Å². The molecule has 1 aliphatic carbocycles. The minimum atomic E-state index is -0.330. The predicted octanol–water partition coefficient (Wildman–Crippen LogP) is 5.82. The van der Waals surface area contributed by atoms with E-state index >= 15 is 0 Å². The van der Waals surface area contributed by atoms with E-state index < -0.39 is 0 Å². The third-order valence-corrected chi connectivity index (χ3v) is 6.53. The molecule has 158 valence electrons. The Morgan fingerprint density at radius 2 is 1.66 bits per heavy atom. The lowest BCUT2D eigenvalue weighted by atomic mass is 9.72. The molecule has 2 aromatic rings. The number of carbonyl (C=O) groups excluding carboxylic acids is 1. The quantitative estimate of drug-likeness (QED) is 0.596. The molecule has 0 bridgehead atoms. The zero-order valence-electron chi connectivity index (χ0n) is 18.7. The largest absolute Gasteiger partial charge is 0.490 e. The lowest BCUT2D eigenvalue weighted by Gasteiger charge is -2.37. The van der Waals surface area contributed by atoms with Gasteiger partial charge in [-0.05, 0) is 79.0 Å². The van der Waals surface area contributed by atoms with E-state index in [1.807, 2.05) is 24.9 Å². The first-order valence-corrected chi connectivity index (χ1v) is 10.7. The highest BCUT2D eigenvalue weighted by molar-refractivity contribution is 5.88. The van der Waals surface area contributed by atoms with Gasteiger partial charge in [0.2, 0.25) is 0 Å². The first-order valence-electron chi connectivity index (χ1n) is 10.7. The Labute approximate surface area is 175 Å². The maximum absolute atomic E-state index is 11.8. The van der Waals surface area contributed by atoms with E-state index in [-0.39, 0.29) is 12.0 Å². The minimum Gasteiger partial charge on any atom is -0.490 e. The lowest BCUT2D eigenvalue weighted by molar-refractivity contribution is -0.141. The molecule has 1 atom stereocenters. The van der Waals surface area contributed by atoms with Crippen molar-refractivity contribution >= 4 is 22.4 Å². The van der Waals surface area contributed by atoms with E-state index in [4.69, 9.17) is 9.47 Å². The van der Waals surface area contributed by atoms with Gasteiger partial charge in [0.15, 0.2) is 0 Å². The highest BCUT2D eigenvalue weighted by Gasteiger charge is 2.30. The van der Waals surface area contributed by atoms with Crippen molar-refractivity contribution in [3.05, 3.63) is 36.4 Å². The average Bonchev–Trinajstić information content (AvgIpc) is 2.71. The fraction of sp³-hybridized carbons (Fsp3) is 0.560. The number of esters is 1. The second kappa shape index (κ2) is 8.64. The zero-order valence-corrected chi connectivity index (χ0v) is 18.7. The van der Waals surface area contributed by atoms with Crippen molar-refractivity contribution in [3.63, 3.8) is 0 Å². The molecule has 0 radical (unpaired) electrons. The van der Waals surface area contributed by atoms with Crippen LogP contribution in [-0.4, -0.2) is 32.3 Å².